The van der Waals surface area contributed by atoms with E-state index < -0.39 is 40.7 Å². The molecule has 0 spiro atoms. The first kappa shape index (κ1) is 29.0. The van der Waals surface area contributed by atoms with E-state index in [9.17, 15) is 27.9 Å². The minimum atomic E-state index is -4.74. The van der Waals surface area contributed by atoms with E-state index in [1.165, 1.54) is 12.1 Å². The molecule has 1 aliphatic carbocycles. The molecule has 1 aliphatic rings. The molecule has 212 valence electrons. The van der Waals surface area contributed by atoms with Gasteiger partial charge < -0.3 is 15.2 Å². The van der Waals surface area contributed by atoms with Crippen molar-refractivity contribution in [2.24, 2.45) is 5.41 Å². The summed E-state index contributed by atoms with van der Waals surface area (Å²) < 4.78 is 47.0. The van der Waals surface area contributed by atoms with Crippen LogP contribution in [0.3, 0.4) is 0 Å². The highest BCUT2D eigenvalue weighted by molar-refractivity contribution is 7.80. The van der Waals surface area contributed by atoms with E-state index in [-0.39, 0.29) is 18.2 Å². The third kappa shape index (κ3) is 6.58. The second kappa shape index (κ2) is 11.2. The van der Waals surface area contributed by atoms with Crippen LogP contribution < -0.4 is 10.6 Å². The molecule has 1 fully saturated rings. The number of amides is 1. The smallest absolute Gasteiger partial charge is 0.413 e. The lowest BCUT2D eigenvalue weighted by atomic mass is 9.74. The normalized spacial score (nSPS) is 15.1. The van der Waals surface area contributed by atoms with Gasteiger partial charge >= 0.3 is 18.2 Å². The van der Waals surface area contributed by atoms with Crippen LogP contribution in [-0.4, -0.2) is 43.5 Å². The molecule has 2 aromatic carbocycles. The minimum absolute atomic E-state index is 0.00235. The number of halogens is 3. The van der Waals surface area contributed by atoms with Crippen LogP contribution >= 0.6 is 12.2 Å². The topological polar surface area (TPSA) is 118 Å². The molecule has 0 saturated heterocycles. The molecule has 13 heteroatoms. The lowest BCUT2D eigenvalue weighted by Gasteiger charge is -2.39. The molecule has 1 unspecified atom stereocenters. The maximum Gasteiger partial charge on any atom is 0.413 e. The summed E-state index contributed by atoms with van der Waals surface area (Å²) in [5.74, 6) is -1.61. The second-order valence-electron chi connectivity index (χ2n) is 10.3. The number of ether oxygens (including phenoxy) is 1. The number of nitrogens with one attached hydrogen (secondary N) is 2. The average molecular weight is 576 g/mol. The summed E-state index contributed by atoms with van der Waals surface area (Å²) in [5.41, 5.74) is -2.96. The number of rotatable bonds is 9. The molecular formula is C27H28F3N5O4S. The van der Waals surface area contributed by atoms with Gasteiger partial charge in [-0.1, -0.05) is 68.4 Å². The van der Waals surface area contributed by atoms with Gasteiger partial charge in [-0.05, 0) is 42.6 Å². The number of aromatic nitrogens is 3. The zero-order chi connectivity index (χ0) is 29.1. The van der Waals surface area contributed by atoms with Gasteiger partial charge in [0.2, 0.25) is 0 Å². The Kier molecular flexibility index (Phi) is 8.15. The highest BCUT2D eigenvalue weighted by Crippen LogP contribution is 2.46. The van der Waals surface area contributed by atoms with E-state index in [0.717, 1.165) is 26.7 Å². The van der Waals surface area contributed by atoms with Crippen molar-refractivity contribution in [3.8, 4) is 11.3 Å². The monoisotopic (exact) mass is 575 g/mol. The fraction of sp³-hybridized carbons (Fsp3) is 0.370. The van der Waals surface area contributed by atoms with Crippen LogP contribution in [0.15, 0.2) is 60.8 Å². The number of benzene rings is 2. The zero-order valence-electron chi connectivity index (χ0n) is 21.7. The third-order valence-electron chi connectivity index (χ3n) is 6.65. The summed E-state index contributed by atoms with van der Waals surface area (Å²) >= 11 is 5.16. The molecule has 1 saturated carbocycles. The fourth-order valence-corrected chi connectivity index (χ4v) is 4.38. The van der Waals surface area contributed by atoms with Gasteiger partial charge in [0, 0.05) is 5.56 Å². The van der Waals surface area contributed by atoms with E-state index in [1.807, 2.05) is 0 Å². The largest absolute Gasteiger partial charge is 0.479 e. The SMILES string of the molecule is CC(C)(CC(NC(=S)NC(=O)OCc1ccccc1)(C(=O)O)c1ccc(-c2cnn(C3CC3)n2)cc1)C(F)(F)F. The maximum atomic E-state index is 13.9. The Balaban J connectivity index is 1.59. The molecule has 0 bridgehead atoms. The number of carbonyl (C=O) groups is 2. The quantitative estimate of drug-likeness (QED) is 0.293. The summed E-state index contributed by atoms with van der Waals surface area (Å²) in [6.07, 6.45) is -3.12. The first-order chi connectivity index (χ1) is 18.8. The Hall–Kier alpha value is -4.00. The molecule has 3 aromatic rings. The molecule has 3 N–H and O–H groups in total. The lowest BCUT2D eigenvalue weighted by molar-refractivity contribution is -0.220. The number of carboxylic acids is 1. The summed E-state index contributed by atoms with van der Waals surface area (Å²) in [7, 11) is 0. The van der Waals surface area contributed by atoms with Crippen molar-refractivity contribution in [1.82, 2.24) is 25.6 Å². The van der Waals surface area contributed by atoms with Crippen LogP contribution in [0.2, 0.25) is 0 Å². The molecule has 1 aromatic heterocycles. The molecule has 1 heterocycles. The second-order valence-corrected chi connectivity index (χ2v) is 10.7. The summed E-state index contributed by atoms with van der Waals surface area (Å²) in [5, 5.41) is 23.2. The Morgan fingerprint density at radius 2 is 1.75 bits per heavy atom. The van der Waals surface area contributed by atoms with Crippen molar-refractivity contribution in [3.63, 3.8) is 0 Å². The van der Waals surface area contributed by atoms with Crippen molar-refractivity contribution >= 4 is 29.4 Å². The average Bonchev–Trinajstić information content (AvgIpc) is 3.63. The Morgan fingerprint density at radius 3 is 2.33 bits per heavy atom. The molecular weight excluding hydrogens is 547 g/mol. The molecule has 0 radical (unpaired) electrons. The van der Waals surface area contributed by atoms with E-state index in [1.54, 1.807) is 53.5 Å². The van der Waals surface area contributed by atoms with Crippen molar-refractivity contribution in [2.75, 3.05) is 0 Å². The van der Waals surface area contributed by atoms with Crippen LogP contribution in [0.5, 0.6) is 0 Å². The predicted molar refractivity (Wildman–Crippen MR) is 143 cm³/mol. The van der Waals surface area contributed by atoms with Gasteiger partial charge in [0.25, 0.3) is 0 Å². The molecule has 4 rings (SSSR count). The first-order valence-electron chi connectivity index (χ1n) is 12.4. The van der Waals surface area contributed by atoms with Gasteiger partial charge in [0.1, 0.15) is 12.3 Å². The van der Waals surface area contributed by atoms with Crippen molar-refractivity contribution in [1.29, 1.82) is 0 Å². The van der Waals surface area contributed by atoms with Crippen LogP contribution in [0, 0.1) is 5.41 Å². The number of alkyl halides is 3. The van der Waals surface area contributed by atoms with Crippen molar-refractivity contribution < 1.29 is 32.6 Å². The highest BCUT2D eigenvalue weighted by atomic mass is 32.1. The van der Waals surface area contributed by atoms with E-state index in [4.69, 9.17) is 17.0 Å². The van der Waals surface area contributed by atoms with Gasteiger partial charge in [-0.2, -0.15) is 28.2 Å². The summed E-state index contributed by atoms with van der Waals surface area (Å²) in [6.45, 7) is 1.72. The van der Waals surface area contributed by atoms with Gasteiger partial charge in [-0.3, -0.25) is 5.32 Å². The standard InChI is InChI=1S/C27H28F3N5O4S/c1-25(2,27(28,29)30)16-26(22(36)37,33-23(40)32-24(38)39-15-17-6-4-3-5-7-17)19-10-8-18(9-11-19)21-14-31-35(34-21)20-12-13-20/h3-11,14,20H,12-13,15-16H2,1-2H3,(H,36,37)(H2,32,33,38,40). The van der Waals surface area contributed by atoms with E-state index in [0.29, 0.717) is 16.8 Å². The van der Waals surface area contributed by atoms with Gasteiger partial charge in [-0.25, -0.2) is 9.59 Å². The number of carboxylic acid groups (broad SMARTS) is 1. The third-order valence-corrected chi connectivity index (χ3v) is 6.85. The van der Waals surface area contributed by atoms with Crippen LogP contribution in [0.25, 0.3) is 11.3 Å². The maximum absolute atomic E-state index is 13.9. The predicted octanol–water partition coefficient (Wildman–Crippen LogP) is 5.34. The van der Waals surface area contributed by atoms with Crippen LogP contribution in [0.1, 0.15) is 50.3 Å². The number of hydrogen-bond acceptors (Lipinski definition) is 6. The molecule has 0 aliphatic heterocycles. The number of thiocarbonyl (C=S) groups is 1. The van der Waals surface area contributed by atoms with Crippen molar-refractivity contribution in [2.45, 2.75) is 57.5 Å². The Morgan fingerprint density at radius 1 is 1.10 bits per heavy atom. The number of alkyl carbamates (subject to hydrolysis) is 1. The number of hydrogen-bond donors (Lipinski definition) is 3. The fourth-order valence-electron chi connectivity index (χ4n) is 4.13. The van der Waals surface area contributed by atoms with Gasteiger partial charge in [0.05, 0.1) is 17.7 Å². The zero-order valence-corrected chi connectivity index (χ0v) is 22.6. The minimum Gasteiger partial charge on any atom is -0.479 e. The molecule has 1 amide bonds. The number of nitrogens with zero attached hydrogens (tertiary/aromatic N) is 3. The number of aliphatic carboxylic acids is 1. The Labute approximate surface area is 233 Å². The summed E-state index contributed by atoms with van der Waals surface area (Å²) in [4.78, 5) is 26.7. The van der Waals surface area contributed by atoms with E-state index in [2.05, 4.69) is 20.8 Å². The first-order valence-corrected chi connectivity index (χ1v) is 12.8. The molecule has 1 atom stereocenters. The lowest BCUT2D eigenvalue weighted by Crippen LogP contribution is -2.58. The van der Waals surface area contributed by atoms with Crippen LogP contribution in [-0.2, 0) is 21.7 Å². The molecule has 9 nitrogen and oxygen atoms in total. The number of carbonyl (C=O) groups excluding carboxylic acids is 1. The van der Waals surface area contributed by atoms with Gasteiger partial charge in [-0.15, -0.1) is 0 Å². The summed E-state index contributed by atoms with van der Waals surface area (Å²) in [6, 6.07) is 14.9. The Bertz CT molecular complexity index is 1370. The highest BCUT2D eigenvalue weighted by Gasteiger charge is 2.55. The van der Waals surface area contributed by atoms with Gasteiger partial charge in [0.15, 0.2) is 10.7 Å². The van der Waals surface area contributed by atoms with E-state index >= 15 is 0 Å². The van der Waals surface area contributed by atoms with Crippen molar-refractivity contribution in [3.05, 3.63) is 71.9 Å². The molecule has 40 heavy (non-hydrogen) atoms. The van der Waals surface area contributed by atoms with Crippen LogP contribution in [0.4, 0.5) is 18.0 Å².